The van der Waals surface area contributed by atoms with Crippen molar-refractivity contribution in [3.05, 3.63) is 59.5 Å². The lowest BCUT2D eigenvalue weighted by Crippen LogP contribution is -2.43. The van der Waals surface area contributed by atoms with Crippen molar-refractivity contribution >= 4 is 28.2 Å². The Kier molecular flexibility index (Phi) is 6.01. The maximum absolute atomic E-state index is 14.1. The number of amides is 1. The van der Waals surface area contributed by atoms with E-state index in [0.29, 0.717) is 34.9 Å². The van der Waals surface area contributed by atoms with Gasteiger partial charge < -0.3 is 25.6 Å². The number of piperidine rings is 1. The van der Waals surface area contributed by atoms with Gasteiger partial charge in [0.05, 0.1) is 12.1 Å². The maximum atomic E-state index is 14.1. The van der Waals surface area contributed by atoms with Crippen LogP contribution in [-0.2, 0) is 0 Å². The summed E-state index contributed by atoms with van der Waals surface area (Å²) in [6.07, 6.45) is 2.02. The molecule has 1 aliphatic rings. The third kappa shape index (κ3) is 4.32. The van der Waals surface area contributed by atoms with Gasteiger partial charge in [0.15, 0.2) is 0 Å². The van der Waals surface area contributed by atoms with Gasteiger partial charge in [-0.15, -0.1) is 0 Å². The Balaban J connectivity index is 1.44. The minimum Gasteiger partial charge on any atom is -0.395 e. The first-order valence-electron chi connectivity index (χ1n) is 10.3. The molecule has 1 saturated heterocycles. The van der Waals surface area contributed by atoms with Crippen LogP contribution in [0.4, 0.5) is 15.8 Å². The lowest BCUT2D eigenvalue weighted by Gasteiger charge is -2.34. The number of benzene rings is 2. The van der Waals surface area contributed by atoms with E-state index in [-0.39, 0.29) is 18.3 Å². The van der Waals surface area contributed by atoms with E-state index in [0.717, 1.165) is 37.2 Å². The Labute approximate surface area is 175 Å². The molecule has 0 unspecified atom stereocenters. The first kappa shape index (κ1) is 20.4. The second-order valence-corrected chi connectivity index (χ2v) is 7.78. The van der Waals surface area contributed by atoms with Crippen molar-refractivity contribution in [2.24, 2.45) is 0 Å². The van der Waals surface area contributed by atoms with Gasteiger partial charge in [0.1, 0.15) is 11.5 Å². The first-order chi connectivity index (χ1) is 14.5. The number of nitrogens with zero attached hydrogens (tertiary/aromatic N) is 1. The minimum absolute atomic E-state index is 0.157. The number of carbonyl (C=O) groups excluding carboxylic acids is 1. The molecule has 2 aromatic carbocycles. The third-order valence-electron chi connectivity index (χ3n) is 5.70. The van der Waals surface area contributed by atoms with Crippen molar-refractivity contribution in [1.82, 2.24) is 10.3 Å². The Morgan fingerprint density at radius 3 is 2.77 bits per heavy atom. The zero-order valence-electron chi connectivity index (χ0n) is 17.0. The lowest BCUT2D eigenvalue weighted by atomic mass is 10.0. The Morgan fingerprint density at radius 1 is 1.23 bits per heavy atom. The summed E-state index contributed by atoms with van der Waals surface area (Å²) in [6, 6.07) is 12.9. The number of hydrogen-bond donors (Lipinski definition) is 4. The van der Waals surface area contributed by atoms with Crippen molar-refractivity contribution < 1.29 is 14.3 Å². The lowest BCUT2D eigenvalue weighted by molar-refractivity contribution is 0.102. The predicted molar refractivity (Wildman–Crippen MR) is 118 cm³/mol. The highest BCUT2D eigenvalue weighted by molar-refractivity contribution is 6.06. The molecule has 6 nitrogen and oxygen atoms in total. The normalized spacial score (nSPS) is 15.0. The molecule has 158 valence electrons. The van der Waals surface area contributed by atoms with Crippen molar-refractivity contribution in [2.45, 2.75) is 25.8 Å². The van der Waals surface area contributed by atoms with E-state index >= 15 is 0 Å². The summed E-state index contributed by atoms with van der Waals surface area (Å²) in [5.41, 5.74) is 3.64. The van der Waals surface area contributed by atoms with Gasteiger partial charge in [-0.05, 0) is 55.7 Å². The van der Waals surface area contributed by atoms with Gasteiger partial charge in [0.2, 0.25) is 0 Å². The molecular weight excluding hydrogens is 383 g/mol. The van der Waals surface area contributed by atoms with Gasteiger partial charge in [-0.1, -0.05) is 12.1 Å². The molecule has 0 spiro atoms. The summed E-state index contributed by atoms with van der Waals surface area (Å²) in [7, 11) is 0. The van der Waals surface area contributed by atoms with Gasteiger partial charge in [-0.25, -0.2) is 4.39 Å². The SMILES string of the molecule is Cc1ccc(F)c2cc(C(=O)Nc3cccc(N4CCC(NCCO)CC4)c3)[nH]c12. The quantitative estimate of drug-likeness (QED) is 0.502. The molecule has 2 heterocycles. The van der Waals surface area contributed by atoms with E-state index < -0.39 is 0 Å². The number of H-pyrrole nitrogens is 1. The predicted octanol–water partition coefficient (Wildman–Crippen LogP) is 3.42. The fourth-order valence-corrected chi connectivity index (χ4v) is 4.04. The topological polar surface area (TPSA) is 80.4 Å². The maximum Gasteiger partial charge on any atom is 0.272 e. The molecule has 0 saturated carbocycles. The van der Waals surface area contributed by atoms with Crippen LogP contribution in [0.1, 0.15) is 28.9 Å². The van der Waals surface area contributed by atoms with Crippen LogP contribution in [0.15, 0.2) is 42.5 Å². The van der Waals surface area contributed by atoms with Crippen LogP contribution >= 0.6 is 0 Å². The second kappa shape index (κ2) is 8.85. The Bertz CT molecular complexity index is 1000. The first-order valence-corrected chi connectivity index (χ1v) is 10.3. The van der Waals surface area contributed by atoms with Gasteiger partial charge in [0.25, 0.3) is 5.91 Å². The van der Waals surface area contributed by atoms with Crippen LogP contribution < -0.4 is 15.5 Å². The van der Waals surface area contributed by atoms with Crippen LogP contribution in [0.2, 0.25) is 0 Å². The summed E-state index contributed by atoms with van der Waals surface area (Å²) in [5.74, 6) is -0.640. The number of aromatic amines is 1. The van der Waals surface area contributed by atoms with Gasteiger partial charge in [-0.3, -0.25) is 4.79 Å². The molecule has 1 aromatic heterocycles. The number of aromatic nitrogens is 1. The number of halogens is 1. The molecular formula is C23H27FN4O2. The van der Waals surface area contributed by atoms with Crippen LogP contribution in [-0.4, -0.2) is 48.3 Å². The number of hydrogen-bond acceptors (Lipinski definition) is 4. The van der Waals surface area contributed by atoms with Crippen molar-refractivity contribution in [3.63, 3.8) is 0 Å². The molecule has 30 heavy (non-hydrogen) atoms. The Hall–Kier alpha value is -2.90. The van der Waals surface area contributed by atoms with Crippen molar-refractivity contribution in [3.8, 4) is 0 Å². The van der Waals surface area contributed by atoms with Crippen molar-refractivity contribution in [1.29, 1.82) is 0 Å². The van der Waals surface area contributed by atoms with Crippen molar-refractivity contribution in [2.75, 3.05) is 36.5 Å². The third-order valence-corrected chi connectivity index (χ3v) is 5.70. The number of fused-ring (bicyclic) bond motifs is 1. The fourth-order valence-electron chi connectivity index (χ4n) is 4.04. The van der Waals surface area contributed by atoms with E-state index in [4.69, 9.17) is 5.11 Å². The molecule has 0 aliphatic carbocycles. The van der Waals surface area contributed by atoms with E-state index in [9.17, 15) is 9.18 Å². The van der Waals surface area contributed by atoms with E-state index in [1.165, 1.54) is 6.07 Å². The summed E-state index contributed by atoms with van der Waals surface area (Å²) in [6.45, 7) is 4.50. The number of aliphatic hydroxyl groups excluding tert-OH is 1. The summed E-state index contributed by atoms with van der Waals surface area (Å²) in [5, 5.41) is 15.6. The standard InChI is InChI=1S/C23H27FN4O2/c1-15-5-6-20(24)19-14-21(27-22(15)19)23(30)26-17-3-2-4-18(13-17)28-10-7-16(8-11-28)25-9-12-29/h2-6,13-14,16,25,27,29H,7-12H2,1H3,(H,26,30). The van der Waals surface area contributed by atoms with Crippen LogP contribution in [0.25, 0.3) is 10.9 Å². The van der Waals surface area contributed by atoms with Crippen LogP contribution in [0, 0.1) is 12.7 Å². The van der Waals surface area contributed by atoms with Crippen LogP contribution in [0.5, 0.6) is 0 Å². The summed E-state index contributed by atoms with van der Waals surface area (Å²) in [4.78, 5) is 18.1. The number of nitrogens with one attached hydrogen (secondary N) is 3. The molecule has 0 radical (unpaired) electrons. The molecule has 4 N–H and O–H groups in total. The minimum atomic E-state index is -0.343. The number of carbonyl (C=O) groups is 1. The summed E-state index contributed by atoms with van der Waals surface area (Å²) >= 11 is 0. The number of aliphatic hydroxyl groups is 1. The highest BCUT2D eigenvalue weighted by Crippen LogP contribution is 2.25. The highest BCUT2D eigenvalue weighted by atomic mass is 19.1. The highest BCUT2D eigenvalue weighted by Gasteiger charge is 2.19. The van der Waals surface area contributed by atoms with Gasteiger partial charge in [-0.2, -0.15) is 0 Å². The average Bonchev–Trinajstić information content (AvgIpc) is 3.23. The second-order valence-electron chi connectivity index (χ2n) is 7.78. The van der Waals surface area contributed by atoms with Crippen LogP contribution in [0.3, 0.4) is 0 Å². The van der Waals surface area contributed by atoms with Gasteiger partial charge in [0, 0.05) is 42.4 Å². The molecule has 1 aliphatic heterocycles. The molecule has 4 rings (SSSR count). The molecule has 7 heteroatoms. The molecule has 3 aromatic rings. The fraction of sp³-hybridized carbons (Fsp3) is 0.348. The number of anilines is 2. The monoisotopic (exact) mass is 410 g/mol. The molecule has 1 fully saturated rings. The summed E-state index contributed by atoms with van der Waals surface area (Å²) < 4.78 is 14.1. The largest absolute Gasteiger partial charge is 0.395 e. The molecule has 1 amide bonds. The Morgan fingerprint density at radius 2 is 2.03 bits per heavy atom. The molecule has 0 bridgehead atoms. The zero-order valence-corrected chi connectivity index (χ0v) is 17.0. The number of aryl methyl sites for hydroxylation is 1. The zero-order chi connectivity index (χ0) is 21.1. The average molecular weight is 410 g/mol. The molecule has 0 atom stereocenters. The van der Waals surface area contributed by atoms with E-state index in [1.807, 2.05) is 31.2 Å². The smallest absolute Gasteiger partial charge is 0.272 e. The van der Waals surface area contributed by atoms with E-state index in [1.54, 1.807) is 12.1 Å². The van der Waals surface area contributed by atoms with E-state index in [2.05, 4.69) is 20.5 Å². The van der Waals surface area contributed by atoms with Gasteiger partial charge >= 0.3 is 0 Å². The number of rotatable bonds is 6.